The van der Waals surface area contributed by atoms with Crippen molar-refractivity contribution >= 4 is 45.0 Å². The molecule has 8 nitrogen and oxygen atoms in total. The first-order valence-corrected chi connectivity index (χ1v) is 17.3. The van der Waals surface area contributed by atoms with Gasteiger partial charge in [0.15, 0.2) is 4.80 Å². The first-order valence-electron chi connectivity index (χ1n) is 16.4. The Labute approximate surface area is 288 Å². The number of hydrogen-bond acceptors (Lipinski definition) is 6. The van der Waals surface area contributed by atoms with Gasteiger partial charge >= 0.3 is 0 Å². The summed E-state index contributed by atoms with van der Waals surface area (Å²) in [5.41, 5.74) is 4.70. The van der Waals surface area contributed by atoms with Crippen molar-refractivity contribution in [3.8, 4) is 11.5 Å². The van der Waals surface area contributed by atoms with Crippen LogP contribution in [0.25, 0.3) is 27.8 Å². The van der Waals surface area contributed by atoms with Crippen molar-refractivity contribution in [1.82, 2.24) is 14.0 Å². The quantitative estimate of drug-likeness (QED) is 0.182. The lowest BCUT2D eigenvalue weighted by Gasteiger charge is -2.30. The number of carbonyl (C=O) groups excluding carboxylic acids is 1. The van der Waals surface area contributed by atoms with Gasteiger partial charge in [-0.3, -0.25) is 14.2 Å². The smallest absolute Gasteiger partial charge is 0.271 e. The fourth-order valence-electron chi connectivity index (χ4n) is 6.90. The van der Waals surface area contributed by atoms with Gasteiger partial charge in [0.2, 0.25) is 0 Å². The van der Waals surface area contributed by atoms with Crippen molar-refractivity contribution in [2.24, 2.45) is 4.99 Å². The lowest BCUT2D eigenvalue weighted by molar-refractivity contribution is -0.127. The number of methoxy groups -OCH3 is 2. The highest BCUT2D eigenvalue weighted by Crippen LogP contribution is 2.38. The van der Waals surface area contributed by atoms with E-state index in [-0.39, 0.29) is 11.5 Å². The van der Waals surface area contributed by atoms with E-state index in [4.69, 9.17) is 14.5 Å². The molecule has 0 fully saturated rings. The number of benzene rings is 4. The minimum absolute atomic E-state index is 0.160. The predicted octanol–water partition coefficient (Wildman–Crippen LogP) is 6.28. The summed E-state index contributed by atoms with van der Waals surface area (Å²) >= 11 is 1.33. The Bertz CT molecular complexity index is 2440. The van der Waals surface area contributed by atoms with E-state index in [1.165, 1.54) is 27.7 Å². The summed E-state index contributed by atoms with van der Waals surface area (Å²) in [6.45, 7) is 7.48. The van der Waals surface area contributed by atoms with Crippen molar-refractivity contribution in [1.29, 1.82) is 0 Å². The number of aromatic nitrogens is 2. The first kappa shape index (κ1) is 32.2. The summed E-state index contributed by atoms with van der Waals surface area (Å²) in [6.07, 6.45) is 4.07. The zero-order valence-electron chi connectivity index (χ0n) is 28.3. The Morgan fingerprint density at radius 3 is 2.43 bits per heavy atom. The van der Waals surface area contributed by atoms with E-state index < -0.39 is 6.04 Å². The molecule has 3 heterocycles. The van der Waals surface area contributed by atoms with Crippen LogP contribution in [-0.2, 0) is 11.3 Å². The monoisotopic (exact) mass is 670 g/mol. The Balaban J connectivity index is 1.41. The summed E-state index contributed by atoms with van der Waals surface area (Å²) in [7, 11) is 3.18. The second-order valence-corrected chi connectivity index (χ2v) is 13.0. The summed E-state index contributed by atoms with van der Waals surface area (Å²) in [5.74, 6) is 0.990. The highest BCUT2D eigenvalue weighted by Gasteiger charge is 2.36. The van der Waals surface area contributed by atoms with Crippen LogP contribution in [0.3, 0.4) is 0 Å². The zero-order valence-corrected chi connectivity index (χ0v) is 29.1. The molecule has 0 saturated heterocycles. The number of amides is 1. The van der Waals surface area contributed by atoms with E-state index >= 15 is 0 Å². The molecule has 2 aromatic heterocycles. The van der Waals surface area contributed by atoms with Crippen LogP contribution in [0.1, 0.15) is 43.5 Å². The van der Waals surface area contributed by atoms with E-state index in [0.717, 1.165) is 16.5 Å². The van der Waals surface area contributed by atoms with Gasteiger partial charge in [0.1, 0.15) is 17.5 Å². The molecule has 248 valence electrons. The van der Waals surface area contributed by atoms with Crippen molar-refractivity contribution in [2.75, 3.05) is 27.3 Å². The third-order valence-electron chi connectivity index (χ3n) is 9.36. The van der Waals surface area contributed by atoms with Crippen LogP contribution in [0, 0.1) is 0 Å². The molecule has 0 spiro atoms. The molecule has 49 heavy (non-hydrogen) atoms. The molecule has 1 aliphatic heterocycles. The lowest BCUT2D eigenvalue weighted by Crippen LogP contribution is -2.43. The molecule has 0 aliphatic carbocycles. The maximum absolute atomic E-state index is 14.6. The van der Waals surface area contributed by atoms with Crippen LogP contribution in [0.15, 0.2) is 112 Å². The average Bonchev–Trinajstić information content (AvgIpc) is 3.63. The summed E-state index contributed by atoms with van der Waals surface area (Å²) in [6, 6.07) is 27.8. The molecule has 0 unspecified atom stereocenters. The second-order valence-electron chi connectivity index (χ2n) is 12.0. The normalized spacial score (nSPS) is 14.6. The number of nitrogens with zero attached hydrogens (tertiary/aromatic N) is 4. The molecule has 0 radical (unpaired) electrons. The Morgan fingerprint density at radius 1 is 0.939 bits per heavy atom. The first-order chi connectivity index (χ1) is 23.9. The van der Waals surface area contributed by atoms with Gasteiger partial charge in [-0.2, -0.15) is 0 Å². The van der Waals surface area contributed by atoms with Gasteiger partial charge in [-0.15, -0.1) is 0 Å². The van der Waals surface area contributed by atoms with E-state index in [0.29, 0.717) is 57.3 Å². The number of carbonyl (C=O) groups is 1. The minimum Gasteiger partial charge on any atom is -0.497 e. The topological polar surface area (TPSA) is 78.1 Å². The van der Waals surface area contributed by atoms with Crippen LogP contribution in [0.2, 0.25) is 0 Å². The molecule has 6 aromatic rings. The van der Waals surface area contributed by atoms with Crippen LogP contribution >= 0.6 is 11.3 Å². The maximum atomic E-state index is 14.6. The van der Waals surface area contributed by atoms with Crippen LogP contribution < -0.4 is 24.4 Å². The molecule has 0 saturated carbocycles. The van der Waals surface area contributed by atoms with Gasteiger partial charge in [0, 0.05) is 47.9 Å². The third-order valence-corrected chi connectivity index (χ3v) is 10.3. The van der Waals surface area contributed by atoms with Gasteiger partial charge in [-0.1, -0.05) is 72.0 Å². The van der Waals surface area contributed by atoms with Gasteiger partial charge in [0.05, 0.1) is 30.0 Å². The number of likely N-dealkylation sites (N-methyl/N-ethyl adjacent to an activating group) is 1. The predicted molar refractivity (Wildman–Crippen MR) is 196 cm³/mol. The Kier molecular flexibility index (Phi) is 8.69. The zero-order chi connectivity index (χ0) is 34.2. The molecule has 7 rings (SSSR count). The van der Waals surface area contributed by atoms with Gasteiger partial charge < -0.3 is 18.9 Å². The molecule has 9 heteroatoms. The van der Waals surface area contributed by atoms with Crippen molar-refractivity contribution < 1.29 is 14.3 Å². The summed E-state index contributed by atoms with van der Waals surface area (Å²) < 4.78 is 15.8. The molecular weight excluding hydrogens is 633 g/mol. The molecule has 1 amide bonds. The lowest BCUT2D eigenvalue weighted by atomic mass is 9.93. The molecular formula is C40H38N4O4S. The molecule has 0 N–H and O–H groups in total. The van der Waals surface area contributed by atoms with E-state index in [1.807, 2.05) is 57.2 Å². The van der Waals surface area contributed by atoms with Crippen LogP contribution in [-0.4, -0.2) is 47.3 Å². The second kappa shape index (κ2) is 13.2. The van der Waals surface area contributed by atoms with Crippen molar-refractivity contribution in [3.05, 3.63) is 139 Å². The van der Waals surface area contributed by atoms with Gasteiger partial charge in [-0.05, 0) is 67.4 Å². The fraction of sp³-hybridized carbons (Fsp3) is 0.225. The summed E-state index contributed by atoms with van der Waals surface area (Å²) in [5, 5.41) is 3.47. The number of ether oxygens (including phenoxy) is 2. The average molecular weight is 671 g/mol. The Hall–Kier alpha value is -5.41. The summed E-state index contributed by atoms with van der Waals surface area (Å²) in [4.78, 5) is 35.8. The minimum atomic E-state index is -0.760. The molecule has 1 aliphatic rings. The Morgan fingerprint density at radius 2 is 1.67 bits per heavy atom. The van der Waals surface area contributed by atoms with Gasteiger partial charge in [-0.25, -0.2) is 4.99 Å². The number of hydrogen-bond donors (Lipinski definition) is 0. The van der Waals surface area contributed by atoms with Crippen LogP contribution in [0.4, 0.5) is 0 Å². The van der Waals surface area contributed by atoms with Crippen LogP contribution in [0.5, 0.6) is 11.5 Å². The number of rotatable bonds is 9. The SMILES string of the molecule is CCN(CC)C(=O)C1=C(C)N=c2s/c(=C/c3cn(Cc4cccc5ccccc45)c4ccccc34)c(=O)n2[C@H]1c1cc(OC)ccc1OC. The highest BCUT2D eigenvalue weighted by atomic mass is 32.1. The van der Waals surface area contributed by atoms with Gasteiger partial charge in [0.25, 0.3) is 11.5 Å². The molecule has 0 bridgehead atoms. The number of thiazole rings is 1. The van der Waals surface area contributed by atoms with E-state index in [1.54, 1.807) is 23.7 Å². The largest absolute Gasteiger partial charge is 0.497 e. The number of fused-ring (bicyclic) bond motifs is 3. The van der Waals surface area contributed by atoms with E-state index in [2.05, 4.69) is 65.4 Å². The number of para-hydroxylation sites is 1. The standard InChI is InChI=1S/C40H38N4O4S/c1-6-42(7-2)39(46)36-25(3)41-40-44(37(36)32-22-29(47-4)19-20-34(32)48-5)38(45)35(49-40)21-28-24-43(33-18-11-10-17-31(28)33)23-27-15-12-14-26-13-8-9-16-30(26)27/h8-22,24,37H,6-7,23H2,1-5H3/b35-21+/t37-/m0/s1. The maximum Gasteiger partial charge on any atom is 0.271 e. The van der Waals surface area contributed by atoms with Crippen molar-refractivity contribution in [3.63, 3.8) is 0 Å². The third kappa shape index (κ3) is 5.64. The van der Waals surface area contributed by atoms with Crippen molar-refractivity contribution in [2.45, 2.75) is 33.4 Å². The molecule has 1 atom stereocenters. The fourth-order valence-corrected chi connectivity index (χ4v) is 7.94. The molecule has 4 aromatic carbocycles. The van der Waals surface area contributed by atoms with E-state index in [9.17, 15) is 9.59 Å². The highest BCUT2D eigenvalue weighted by molar-refractivity contribution is 7.07. The number of allylic oxidation sites excluding steroid dienone is 1.